The van der Waals surface area contributed by atoms with Crippen molar-refractivity contribution in [2.45, 2.75) is 108 Å². The van der Waals surface area contributed by atoms with Crippen LogP contribution in [0.1, 0.15) is 63.8 Å². The van der Waals surface area contributed by atoms with Gasteiger partial charge in [0.05, 0.1) is 24.9 Å². The van der Waals surface area contributed by atoms with Gasteiger partial charge in [-0.05, 0) is 58.5 Å². The van der Waals surface area contributed by atoms with E-state index in [1.54, 1.807) is 0 Å². The van der Waals surface area contributed by atoms with Gasteiger partial charge in [-0.15, -0.1) is 0 Å². The lowest BCUT2D eigenvalue weighted by molar-refractivity contribution is -0.0418. The van der Waals surface area contributed by atoms with Crippen molar-refractivity contribution in [1.82, 2.24) is 4.90 Å². The van der Waals surface area contributed by atoms with Crippen LogP contribution in [0.5, 0.6) is 0 Å². The van der Waals surface area contributed by atoms with Crippen LogP contribution in [0, 0.1) is 0 Å². The highest BCUT2D eigenvalue weighted by Gasteiger charge is 2.52. The second-order valence-electron chi connectivity index (χ2n) is 16.8. The molecule has 1 aliphatic heterocycles. The first-order valence-electron chi connectivity index (χ1n) is 18.0. The molecule has 0 N–H and O–H groups in total. The minimum absolute atomic E-state index is 0.0281. The molecule has 1 saturated heterocycles. The Morgan fingerprint density at radius 2 is 0.959 bits per heavy atom. The lowest BCUT2D eigenvalue weighted by Gasteiger charge is -2.44. The lowest BCUT2D eigenvalue weighted by atomic mass is 9.80. The van der Waals surface area contributed by atoms with Gasteiger partial charge in [0, 0.05) is 13.1 Å². The average Bonchev–Trinajstić information content (AvgIpc) is 3.35. The molecule has 4 nitrogen and oxygen atoms in total. The topological polar surface area (TPSA) is 30.9 Å². The molecule has 5 rings (SSSR count). The molecule has 0 aromatic heterocycles. The SMILES string of the molecule is CC(C)(C)[Si](C)(C)O[C@H]1[C@@H](O[Si](C)(C)C(C)(C)C)CN(Cc2ccccc2)[C@H]1COC(c1ccccc1)(c1ccccc1)c1ccccc1. The van der Waals surface area contributed by atoms with E-state index in [4.69, 9.17) is 13.6 Å². The largest absolute Gasteiger partial charge is 0.410 e. The van der Waals surface area contributed by atoms with Crippen LogP contribution in [0.2, 0.25) is 36.3 Å². The van der Waals surface area contributed by atoms with Crippen molar-refractivity contribution in [3.63, 3.8) is 0 Å². The molecule has 0 unspecified atom stereocenters. The number of hydrogen-bond donors (Lipinski definition) is 0. The third-order valence-corrected chi connectivity index (χ3v) is 20.3. The molecular formula is C43H59NO3Si2. The molecule has 0 saturated carbocycles. The molecule has 0 bridgehead atoms. The van der Waals surface area contributed by atoms with E-state index in [1.807, 2.05) is 0 Å². The van der Waals surface area contributed by atoms with Crippen molar-refractivity contribution < 1.29 is 13.6 Å². The van der Waals surface area contributed by atoms with Crippen molar-refractivity contribution in [2.24, 2.45) is 0 Å². The fraction of sp³-hybridized carbons (Fsp3) is 0.442. The van der Waals surface area contributed by atoms with E-state index in [9.17, 15) is 0 Å². The molecule has 4 aromatic carbocycles. The molecule has 3 atom stereocenters. The Morgan fingerprint density at radius 3 is 1.37 bits per heavy atom. The predicted molar refractivity (Wildman–Crippen MR) is 210 cm³/mol. The number of ether oxygens (including phenoxy) is 1. The van der Waals surface area contributed by atoms with Crippen molar-refractivity contribution in [2.75, 3.05) is 13.2 Å². The Hall–Kier alpha value is -2.85. The van der Waals surface area contributed by atoms with Crippen LogP contribution in [0.15, 0.2) is 121 Å². The van der Waals surface area contributed by atoms with Gasteiger partial charge in [-0.1, -0.05) is 163 Å². The van der Waals surface area contributed by atoms with Gasteiger partial charge < -0.3 is 13.6 Å². The Balaban J connectivity index is 1.64. The molecule has 0 radical (unpaired) electrons. The summed E-state index contributed by atoms with van der Waals surface area (Å²) in [5.74, 6) is 0. The molecule has 0 spiro atoms. The lowest BCUT2D eigenvalue weighted by Crippen LogP contribution is -2.54. The summed E-state index contributed by atoms with van der Waals surface area (Å²) in [6, 6.07) is 42.9. The quantitative estimate of drug-likeness (QED) is 0.109. The molecule has 1 heterocycles. The van der Waals surface area contributed by atoms with E-state index in [2.05, 4.69) is 194 Å². The average molecular weight is 694 g/mol. The van der Waals surface area contributed by atoms with E-state index >= 15 is 0 Å². The van der Waals surface area contributed by atoms with Crippen molar-refractivity contribution >= 4 is 16.6 Å². The van der Waals surface area contributed by atoms with Gasteiger partial charge in [0.25, 0.3) is 0 Å². The molecule has 4 aromatic rings. The summed E-state index contributed by atoms with van der Waals surface area (Å²) in [6.07, 6.45) is -0.203. The molecule has 1 aliphatic rings. The predicted octanol–water partition coefficient (Wildman–Crippen LogP) is 10.7. The first kappa shape index (κ1) is 37.4. The normalized spacial score (nSPS) is 19.7. The van der Waals surface area contributed by atoms with Gasteiger partial charge in [0.1, 0.15) is 5.60 Å². The smallest absolute Gasteiger partial charge is 0.192 e. The van der Waals surface area contributed by atoms with Crippen LogP contribution < -0.4 is 0 Å². The fourth-order valence-corrected chi connectivity index (χ4v) is 9.10. The fourth-order valence-electron chi connectivity index (χ4n) is 6.44. The molecule has 1 fully saturated rings. The maximum atomic E-state index is 7.57. The second kappa shape index (κ2) is 14.8. The number of rotatable bonds is 12. The van der Waals surface area contributed by atoms with Gasteiger partial charge in [-0.25, -0.2) is 0 Å². The Bertz CT molecular complexity index is 1500. The van der Waals surface area contributed by atoms with E-state index in [0.717, 1.165) is 29.8 Å². The highest BCUT2D eigenvalue weighted by atomic mass is 28.4. The maximum Gasteiger partial charge on any atom is 0.192 e. The summed E-state index contributed by atoms with van der Waals surface area (Å²) in [6.45, 7) is 25.5. The Labute approximate surface area is 299 Å². The summed E-state index contributed by atoms with van der Waals surface area (Å²) in [5, 5.41) is 0.130. The van der Waals surface area contributed by atoms with Gasteiger partial charge in [-0.3, -0.25) is 4.90 Å². The minimum atomic E-state index is -2.21. The summed E-state index contributed by atoms with van der Waals surface area (Å²) in [5.41, 5.74) is 3.79. The van der Waals surface area contributed by atoms with Gasteiger partial charge in [0.15, 0.2) is 16.6 Å². The van der Waals surface area contributed by atoms with Gasteiger partial charge >= 0.3 is 0 Å². The second-order valence-corrected chi connectivity index (χ2v) is 26.3. The summed E-state index contributed by atoms with van der Waals surface area (Å²) < 4.78 is 22.4. The number of hydrogen-bond acceptors (Lipinski definition) is 4. The van der Waals surface area contributed by atoms with E-state index < -0.39 is 22.2 Å². The van der Waals surface area contributed by atoms with E-state index in [-0.39, 0.29) is 28.3 Å². The highest BCUT2D eigenvalue weighted by molar-refractivity contribution is 6.74. The van der Waals surface area contributed by atoms with Crippen LogP contribution >= 0.6 is 0 Å². The minimum Gasteiger partial charge on any atom is -0.410 e. The molecule has 0 aliphatic carbocycles. The first-order chi connectivity index (χ1) is 23.1. The number of benzene rings is 4. The first-order valence-corrected chi connectivity index (χ1v) is 23.8. The summed E-state index contributed by atoms with van der Waals surface area (Å²) >= 11 is 0. The van der Waals surface area contributed by atoms with Gasteiger partial charge in [-0.2, -0.15) is 0 Å². The summed E-state index contributed by atoms with van der Waals surface area (Å²) in [4.78, 5) is 2.58. The van der Waals surface area contributed by atoms with Crippen LogP contribution in [-0.2, 0) is 25.7 Å². The zero-order chi connectivity index (χ0) is 35.5. The monoisotopic (exact) mass is 693 g/mol. The molecule has 49 heavy (non-hydrogen) atoms. The molecule has 6 heteroatoms. The maximum absolute atomic E-state index is 7.57. The van der Waals surface area contributed by atoms with E-state index in [1.165, 1.54) is 5.56 Å². The highest BCUT2D eigenvalue weighted by Crippen LogP contribution is 2.45. The van der Waals surface area contributed by atoms with Crippen molar-refractivity contribution in [1.29, 1.82) is 0 Å². The Kier molecular flexibility index (Phi) is 11.3. The van der Waals surface area contributed by atoms with E-state index in [0.29, 0.717) is 6.61 Å². The van der Waals surface area contributed by atoms with Crippen molar-refractivity contribution in [3.05, 3.63) is 144 Å². The summed E-state index contributed by atoms with van der Waals surface area (Å²) in [7, 11) is -4.34. The third kappa shape index (κ3) is 8.22. The standard InChI is InChI=1S/C43H59NO3Si2/c1-41(2,3)48(7,8)46-39-32-44(31-34-23-15-11-16-24-34)38(40(39)47-49(9,10)42(4,5)6)33-45-43(35-25-17-12-18-26-35,36-27-19-13-20-28-36)37-29-21-14-22-30-37/h11-30,38-40H,31-33H2,1-10H3/t38-,39-,40+/m0/s1. The zero-order valence-corrected chi connectivity index (χ0v) is 33.6. The van der Waals surface area contributed by atoms with Crippen molar-refractivity contribution in [3.8, 4) is 0 Å². The van der Waals surface area contributed by atoms with Crippen LogP contribution in [0.4, 0.5) is 0 Å². The van der Waals surface area contributed by atoms with Gasteiger partial charge in [0.2, 0.25) is 0 Å². The Morgan fingerprint density at radius 1 is 0.571 bits per heavy atom. The third-order valence-electron chi connectivity index (χ3n) is 11.4. The molecule has 0 amide bonds. The van der Waals surface area contributed by atoms with Crippen LogP contribution in [0.3, 0.4) is 0 Å². The molecule has 262 valence electrons. The van der Waals surface area contributed by atoms with Crippen LogP contribution in [-0.4, -0.2) is 52.9 Å². The number of likely N-dealkylation sites (tertiary alicyclic amines) is 1. The van der Waals surface area contributed by atoms with Crippen LogP contribution in [0.25, 0.3) is 0 Å². The number of nitrogens with zero attached hydrogens (tertiary/aromatic N) is 1. The molecular weight excluding hydrogens is 635 g/mol. The zero-order valence-electron chi connectivity index (χ0n) is 31.6.